The van der Waals surface area contributed by atoms with Crippen molar-refractivity contribution >= 4 is 0 Å². The number of likely N-dealkylation sites (tertiary alicyclic amines) is 1. The van der Waals surface area contributed by atoms with Crippen LogP contribution >= 0.6 is 0 Å². The maximum absolute atomic E-state index is 5.90. The number of aryl methyl sites for hydroxylation is 1. The van der Waals surface area contributed by atoms with E-state index in [9.17, 15) is 0 Å². The minimum absolute atomic E-state index is 0.0222. The van der Waals surface area contributed by atoms with Crippen LogP contribution in [0.25, 0.3) is 0 Å². The average molecular weight is 275 g/mol. The summed E-state index contributed by atoms with van der Waals surface area (Å²) < 4.78 is 0. The van der Waals surface area contributed by atoms with Crippen molar-refractivity contribution in [2.24, 2.45) is 5.84 Å². The molecule has 0 saturated carbocycles. The first-order valence-electron chi connectivity index (χ1n) is 7.83. The molecule has 1 fully saturated rings. The summed E-state index contributed by atoms with van der Waals surface area (Å²) in [6, 6.07) is 8.87. The Kier molecular flexibility index (Phi) is 5.19. The molecule has 0 aliphatic carbocycles. The standard InChI is InChI=1S/C17H29N3/c1-14-8-10-15(11-9-14)16(19-18)17(2,3)20-12-6-4-5-7-13-20/h8-11,16,19H,4-7,12-13,18H2,1-3H3. The molecule has 0 spiro atoms. The van der Waals surface area contributed by atoms with Crippen molar-refractivity contribution in [2.45, 2.75) is 58.0 Å². The number of hydrogen-bond donors (Lipinski definition) is 2. The normalized spacial score (nSPS) is 19.6. The number of nitrogens with zero attached hydrogens (tertiary/aromatic N) is 1. The number of benzene rings is 1. The van der Waals surface area contributed by atoms with Crippen LogP contribution in [-0.4, -0.2) is 23.5 Å². The van der Waals surface area contributed by atoms with Gasteiger partial charge in [-0.05, 0) is 52.3 Å². The fourth-order valence-electron chi connectivity index (χ4n) is 3.30. The molecule has 1 unspecified atom stereocenters. The highest BCUT2D eigenvalue weighted by Crippen LogP contribution is 2.32. The molecule has 1 aromatic carbocycles. The average Bonchev–Trinajstić information content (AvgIpc) is 2.71. The van der Waals surface area contributed by atoms with Gasteiger partial charge in [0.1, 0.15) is 0 Å². The fraction of sp³-hybridized carbons (Fsp3) is 0.647. The van der Waals surface area contributed by atoms with Crippen LogP contribution in [-0.2, 0) is 0 Å². The molecule has 3 heteroatoms. The molecule has 1 saturated heterocycles. The van der Waals surface area contributed by atoms with Gasteiger partial charge in [0.25, 0.3) is 0 Å². The third-order valence-electron chi connectivity index (χ3n) is 4.70. The molecule has 0 bridgehead atoms. The van der Waals surface area contributed by atoms with Crippen LogP contribution in [0, 0.1) is 6.92 Å². The Labute approximate surface area is 123 Å². The van der Waals surface area contributed by atoms with Crippen molar-refractivity contribution in [3.8, 4) is 0 Å². The van der Waals surface area contributed by atoms with Crippen LogP contribution in [0.1, 0.15) is 56.7 Å². The number of hydrogen-bond acceptors (Lipinski definition) is 3. The molecule has 20 heavy (non-hydrogen) atoms. The lowest BCUT2D eigenvalue weighted by Gasteiger charge is -2.44. The van der Waals surface area contributed by atoms with Gasteiger partial charge in [-0.3, -0.25) is 16.2 Å². The zero-order valence-corrected chi connectivity index (χ0v) is 13.2. The van der Waals surface area contributed by atoms with E-state index >= 15 is 0 Å². The first-order chi connectivity index (χ1) is 9.55. The third kappa shape index (κ3) is 3.40. The molecule has 1 heterocycles. The largest absolute Gasteiger partial charge is 0.296 e. The summed E-state index contributed by atoms with van der Waals surface area (Å²) in [5.41, 5.74) is 5.64. The zero-order valence-electron chi connectivity index (χ0n) is 13.2. The summed E-state index contributed by atoms with van der Waals surface area (Å²) in [5.74, 6) is 5.90. The molecule has 1 aliphatic heterocycles. The van der Waals surface area contributed by atoms with Crippen LogP contribution in [0.15, 0.2) is 24.3 Å². The van der Waals surface area contributed by atoms with Gasteiger partial charge in [0.2, 0.25) is 0 Å². The number of rotatable bonds is 4. The van der Waals surface area contributed by atoms with Crippen molar-refractivity contribution in [1.29, 1.82) is 0 Å². The Morgan fingerprint density at radius 2 is 1.60 bits per heavy atom. The Morgan fingerprint density at radius 1 is 1.05 bits per heavy atom. The van der Waals surface area contributed by atoms with E-state index in [0.717, 1.165) is 0 Å². The minimum atomic E-state index is 0.0222. The first kappa shape index (κ1) is 15.5. The van der Waals surface area contributed by atoms with Gasteiger partial charge in [-0.1, -0.05) is 42.7 Å². The Bertz CT molecular complexity index is 403. The van der Waals surface area contributed by atoms with Gasteiger partial charge in [0.15, 0.2) is 0 Å². The summed E-state index contributed by atoms with van der Waals surface area (Å²) in [5, 5.41) is 0. The molecule has 3 nitrogen and oxygen atoms in total. The number of nitrogens with one attached hydrogen (secondary N) is 1. The third-order valence-corrected chi connectivity index (χ3v) is 4.70. The van der Waals surface area contributed by atoms with Crippen molar-refractivity contribution in [3.05, 3.63) is 35.4 Å². The van der Waals surface area contributed by atoms with E-state index in [4.69, 9.17) is 5.84 Å². The van der Waals surface area contributed by atoms with Crippen LogP contribution in [0.4, 0.5) is 0 Å². The van der Waals surface area contributed by atoms with Gasteiger partial charge in [-0.25, -0.2) is 0 Å². The second-order valence-electron chi connectivity index (χ2n) is 6.57. The predicted molar refractivity (Wildman–Crippen MR) is 85.4 cm³/mol. The Hall–Kier alpha value is -0.900. The maximum atomic E-state index is 5.90. The second kappa shape index (κ2) is 6.70. The molecule has 1 aromatic rings. The molecule has 2 rings (SSSR count). The van der Waals surface area contributed by atoms with Crippen molar-refractivity contribution < 1.29 is 0 Å². The molecule has 0 radical (unpaired) electrons. The van der Waals surface area contributed by atoms with E-state index in [1.54, 1.807) is 0 Å². The summed E-state index contributed by atoms with van der Waals surface area (Å²) >= 11 is 0. The van der Waals surface area contributed by atoms with Crippen LogP contribution in [0.5, 0.6) is 0 Å². The molecule has 1 atom stereocenters. The van der Waals surface area contributed by atoms with Gasteiger partial charge < -0.3 is 0 Å². The van der Waals surface area contributed by atoms with Crippen LogP contribution in [0.2, 0.25) is 0 Å². The highest BCUT2D eigenvalue weighted by atomic mass is 15.3. The first-order valence-corrected chi connectivity index (χ1v) is 7.83. The summed E-state index contributed by atoms with van der Waals surface area (Å²) in [6.45, 7) is 9.09. The van der Waals surface area contributed by atoms with E-state index in [1.165, 1.54) is 49.9 Å². The zero-order chi connectivity index (χ0) is 14.6. The van der Waals surface area contributed by atoms with Gasteiger partial charge in [-0.15, -0.1) is 0 Å². The molecule has 0 amide bonds. The Balaban J connectivity index is 2.21. The summed E-state index contributed by atoms with van der Waals surface area (Å²) in [7, 11) is 0. The van der Waals surface area contributed by atoms with Crippen molar-refractivity contribution in [1.82, 2.24) is 10.3 Å². The summed E-state index contributed by atoms with van der Waals surface area (Å²) in [4.78, 5) is 2.60. The maximum Gasteiger partial charge on any atom is 0.0638 e. The van der Waals surface area contributed by atoms with Gasteiger partial charge in [0.05, 0.1) is 6.04 Å². The fourth-order valence-corrected chi connectivity index (χ4v) is 3.30. The van der Waals surface area contributed by atoms with E-state index in [-0.39, 0.29) is 11.6 Å². The molecular formula is C17H29N3. The van der Waals surface area contributed by atoms with E-state index in [1.807, 2.05) is 0 Å². The molecular weight excluding hydrogens is 246 g/mol. The lowest BCUT2D eigenvalue weighted by Crippen LogP contribution is -2.54. The van der Waals surface area contributed by atoms with Crippen LogP contribution in [0.3, 0.4) is 0 Å². The van der Waals surface area contributed by atoms with Gasteiger partial charge in [0, 0.05) is 5.54 Å². The molecule has 112 valence electrons. The molecule has 0 aromatic heterocycles. The van der Waals surface area contributed by atoms with E-state index in [2.05, 4.69) is 55.4 Å². The van der Waals surface area contributed by atoms with Crippen molar-refractivity contribution in [2.75, 3.05) is 13.1 Å². The minimum Gasteiger partial charge on any atom is -0.296 e. The highest BCUT2D eigenvalue weighted by Gasteiger charge is 2.35. The SMILES string of the molecule is Cc1ccc(C(NN)C(C)(C)N2CCCCCC2)cc1. The van der Waals surface area contributed by atoms with Gasteiger partial charge >= 0.3 is 0 Å². The quantitative estimate of drug-likeness (QED) is 0.655. The monoisotopic (exact) mass is 275 g/mol. The second-order valence-corrected chi connectivity index (χ2v) is 6.57. The molecule has 1 aliphatic rings. The lowest BCUT2D eigenvalue weighted by atomic mass is 9.86. The van der Waals surface area contributed by atoms with Gasteiger partial charge in [-0.2, -0.15) is 0 Å². The molecule has 3 N–H and O–H groups in total. The van der Waals surface area contributed by atoms with E-state index in [0.29, 0.717) is 0 Å². The Morgan fingerprint density at radius 3 is 2.10 bits per heavy atom. The topological polar surface area (TPSA) is 41.3 Å². The number of nitrogens with two attached hydrogens (primary N) is 1. The summed E-state index contributed by atoms with van der Waals surface area (Å²) in [6.07, 6.45) is 5.32. The number of hydrazine groups is 1. The smallest absolute Gasteiger partial charge is 0.0638 e. The van der Waals surface area contributed by atoms with Crippen LogP contribution < -0.4 is 11.3 Å². The van der Waals surface area contributed by atoms with Crippen molar-refractivity contribution in [3.63, 3.8) is 0 Å². The lowest BCUT2D eigenvalue weighted by molar-refractivity contribution is 0.0834. The highest BCUT2D eigenvalue weighted by molar-refractivity contribution is 5.26. The predicted octanol–water partition coefficient (Wildman–Crippen LogP) is 3.15. The van der Waals surface area contributed by atoms with E-state index < -0.39 is 0 Å².